The summed E-state index contributed by atoms with van der Waals surface area (Å²) in [5, 5.41) is 4.09. The average molecular weight is 406 g/mol. The van der Waals surface area contributed by atoms with Crippen molar-refractivity contribution in [3.05, 3.63) is 65.2 Å². The summed E-state index contributed by atoms with van der Waals surface area (Å²) in [5.74, 6) is 3.04. The zero-order valence-corrected chi connectivity index (χ0v) is 17.7. The zero-order chi connectivity index (χ0) is 21.1. The van der Waals surface area contributed by atoms with Crippen LogP contribution in [0.3, 0.4) is 0 Å². The lowest BCUT2D eigenvalue weighted by atomic mass is 9.96. The highest BCUT2D eigenvalue weighted by Crippen LogP contribution is 2.31. The number of nitrogens with zero attached hydrogens (tertiary/aromatic N) is 5. The van der Waals surface area contributed by atoms with Gasteiger partial charge in [-0.3, -0.25) is 4.79 Å². The van der Waals surface area contributed by atoms with Gasteiger partial charge in [-0.25, -0.2) is 9.97 Å². The van der Waals surface area contributed by atoms with E-state index >= 15 is 0 Å². The van der Waals surface area contributed by atoms with Crippen LogP contribution in [0.4, 0.5) is 5.82 Å². The van der Waals surface area contributed by atoms with E-state index in [1.165, 1.54) is 0 Å². The van der Waals surface area contributed by atoms with Crippen LogP contribution in [0.5, 0.6) is 0 Å². The topological polar surface area (TPSA) is 85.0 Å². The van der Waals surface area contributed by atoms with Gasteiger partial charge in [0.2, 0.25) is 5.89 Å². The number of carbonyl (C=O) groups excluding carboxylic acids is 1. The first-order valence-electron chi connectivity index (χ1n) is 10.5. The quantitative estimate of drug-likeness (QED) is 0.571. The van der Waals surface area contributed by atoms with Crippen LogP contribution < -0.4 is 4.90 Å². The summed E-state index contributed by atoms with van der Waals surface area (Å²) in [7, 11) is 0. The zero-order valence-electron chi connectivity index (χ0n) is 17.7. The molecule has 1 saturated heterocycles. The largest absolute Gasteiger partial charge is 0.356 e. The monoisotopic (exact) mass is 405 g/mol. The molecule has 0 amide bonds. The highest BCUT2D eigenvalue weighted by atomic mass is 16.5. The summed E-state index contributed by atoms with van der Waals surface area (Å²) in [6.07, 6.45) is 3.71. The molecular formula is C23H27N5O2. The molecule has 1 aromatic carbocycles. The predicted octanol–water partition coefficient (Wildman–Crippen LogP) is 4.10. The molecule has 7 nitrogen and oxygen atoms in total. The first-order valence-corrected chi connectivity index (χ1v) is 10.5. The molecule has 7 heteroatoms. The number of carbonyl (C=O) groups is 1. The molecule has 0 N–H and O–H groups in total. The molecule has 0 atom stereocenters. The number of ketones is 1. The van der Waals surface area contributed by atoms with E-state index in [1.54, 1.807) is 6.33 Å². The Morgan fingerprint density at radius 2 is 1.90 bits per heavy atom. The van der Waals surface area contributed by atoms with Crippen molar-refractivity contribution < 1.29 is 9.32 Å². The summed E-state index contributed by atoms with van der Waals surface area (Å²) in [6, 6.07) is 9.35. The maximum absolute atomic E-state index is 12.6. The number of aromatic nitrogens is 4. The SMILES string of the molecule is Cc1c(CC(=O)c2ccccc2)ncnc1N1CCC(c2nc(C(C)C)no2)CC1. The first-order chi connectivity index (χ1) is 14.5. The summed E-state index contributed by atoms with van der Waals surface area (Å²) in [5.41, 5.74) is 2.47. The minimum absolute atomic E-state index is 0.0689. The summed E-state index contributed by atoms with van der Waals surface area (Å²) in [4.78, 5) is 28.3. The Kier molecular flexibility index (Phi) is 5.88. The van der Waals surface area contributed by atoms with E-state index in [0.29, 0.717) is 5.56 Å². The Hall–Kier alpha value is -3.09. The van der Waals surface area contributed by atoms with Gasteiger partial charge in [-0.15, -0.1) is 0 Å². The number of piperidine rings is 1. The summed E-state index contributed by atoms with van der Waals surface area (Å²) >= 11 is 0. The molecule has 0 radical (unpaired) electrons. The molecular weight excluding hydrogens is 378 g/mol. The van der Waals surface area contributed by atoms with Crippen LogP contribution in [0, 0.1) is 6.92 Å². The van der Waals surface area contributed by atoms with Crippen LogP contribution in [0.25, 0.3) is 0 Å². The molecule has 3 aromatic rings. The van der Waals surface area contributed by atoms with Gasteiger partial charge in [0, 0.05) is 36.1 Å². The van der Waals surface area contributed by atoms with Crippen LogP contribution in [0.2, 0.25) is 0 Å². The highest BCUT2D eigenvalue weighted by molar-refractivity contribution is 5.97. The van der Waals surface area contributed by atoms with E-state index in [-0.39, 0.29) is 24.0 Å². The molecule has 30 heavy (non-hydrogen) atoms. The van der Waals surface area contributed by atoms with Gasteiger partial charge < -0.3 is 9.42 Å². The standard InChI is InChI=1S/C23H27N5O2/c1-15(2)21-26-23(30-27-21)18-9-11-28(12-10-18)22-16(3)19(24-14-25-22)13-20(29)17-7-5-4-6-8-17/h4-8,14-15,18H,9-13H2,1-3H3. The van der Waals surface area contributed by atoms with Crippen molar-refractivity contribution >= 4 is 11.6 Å². The van der Waals surface area contributed by atoms with Gasteiger partial charge in [-0.1, -0.05) is 49.3 Å². The Morgan fingerprint density at radius 3 is 2.57 bits per heavy atom. The van der Waals surface area contributed by atoms with Crippen LogP contribution in [-0.2, 0) is 6.42 Å². The molecule has 156 valence electrons. The second-order valence-corrected chi connectivity index (χ2v) is 8.14. The Labute approximate surface area is 176 Å². The van der Waals surface area contributed by atoms with Crippen molar-refractivity contribution in [2.75, 3.05) is 18.0 Å². The van der Waals surface area contributed by atoms with Crippen LogP contribution in [0.1, 0.15) is 71.9 Å². The second kappa shape index (κ2) is 8.73. The van der Waals surface area contributed by atoms with Crippen LogP contribution >= 0.6 is 0 Å². The molecule has 1 aliphatic rings. The molecule has 0 spiro atoms. The second-order valence-electron chi connectivity index (χ2n) is 8.14. The third-order valence-electron chi connectivity index (χ3n) is 5.70. The molecule has 2 aromatic heterocycles. The molecule has 1 aliphatic heterocycles. The van der Waals surface area contributed by atoms with Gasteiger partial charge in [0.15, 0.2) is 11.6 Å². The van der Waals surface area contributed by atoms with Crippen molar-refractivity contribution in [2.24, 2.45) is 0 Å². The van der Waals surface area contributed by atoms with Crippen LogP contribution in [0.15, 0.2) is 41.2 Å². The fourth-order valence-corrected chi connectivity index (χ4v) is 3.84. The molecule has 3 heterocycles. The fourth-order valence-electron chi connectivity index (χ4n) is 3.84. The van der Waals surface area contributed by atoms with E-state index in [4.69, 9.17) is 4.52 Å². The lowest BCUT2D eigenvalue weighted by molar-refractivity contribution is 0.0991. The lowest BCUT2D eigenvalue weighted by Gasteiger charge is -2.32. The minimum atomic E-state index is 0.0689. The Balaban J connectivity index is 1.44. The average Bonchev–Trinajstić information content (AvgIpc) is 3.27. The van der Waals surface area contributed by atoms with Crippen molar-refractivity contribution in [3.8, 4) is 0 Å². The Morgan fingerprint density at radius 1 is 1.17 bits per heavy atom. The number of anilines is 1. The van der Waals surface area contributed by atoms with Crippen molar-refractivity contribution in [1.82, 2.24) is 20.1 Å². The predicted molar refractivity (Wildman–Crippen MR) is 114 cm³/mol. The third kappa shape index (κ3) is 4.25. The number of hydrogen-bond donors (Lipinski definition) is 0. The van der Waals surface area contributed by atoms with Crippen molar-refractivity contribution in [2.45, 2.75) is 51.9 Å². The van der Waals surface area contributed by atoms with E-state index in [0.717, 1.165) is 54.7 Å². The van der Waals surface area contributed by atoms with Crippen molar-refractivity contribution in [1.29, 1.82) is 0 Å². The molecule has 0 unspecified atom stereocenters. The molecule has 0 saturated carbocycles. The fraction of sp³-hybridized carbons (Fsp3) is 0.435. The smallest absolute Gasteiger partial charge is 0.229 e. The molecule has 4 rings (SSSR count). The lowest BCUT2D eigenvalue weighted by Crippen LogP contribution is -2.34. The molecule has 0 bridgehead atoms. The summed E-state index contributed by atoms with van der Waals surface area (Å²) < 4.78 is 5.49. The summed E-state index contributed by atoms with van der Waals surface area (Å²) in [6.45, 7) is 7.84. The third-order valence-corrected chi connectivity index (χ3v) is 5.70. The normalized spacial score (nSPS) is 15.0. The van der Waals surface area contributed by atoms with Gasteiger partial charge >= 0.3 is 0 Å². The number of rotatable bonds is 6. The van der Waals surface area contributed by atoms with Gasteiger partial charge in [0.1, 0.15) is 12.1 Å². The maximum Gasteiger partial charge on any atom is 0.229 e. The number of benzene rings is 1. The van der Waals surface area contributed by atoms with Crippen molar-refractivity contribution in [3.63, 3.8) is 0 Å². The van der Waals surface area contributed by atoms with Gasteiger partial charge in [-0.2, -0.15) is 4.98 Å². The van der Waals surface area contributed by atoms with E-state index < -0.39 is 0 Å². The highest BCUT2D eigenvalue weighted by Gasteiger charge is 2.27. The van der Waals surface area contributed by atoms with Gasteiger partial charge in [0.25, 0.3) is 0 Å². The molecule has 1 fully saturated rings. The maximum atomic E-state index is 12.6. The van der Waals surface area contributed by atoms with Gasteiger partial charge in [-0.05, 0) is 19.8 Å². The van der Waals surface area contributed by atoms with E-state index in [1.807, 2.05) is 37.3 Å². The van der Waals surface area contributed by atoms with Crippen LogP contribution in [-0.4, -0.2) is 39.0 Å². The number of hydrogen-bond acceptors (Lipinski definition) is 7. The Bertz CT molecular complexity index is 1010. The number of Topliss-reactive ketones (excluding diaryl/α,β-unsaturated/α-hetero) is 1. The molecule has 0 aliphatic carbocycles. The van der Waals surface area contributed by atoms with Gasteiger partial charge in [0.05, 0.1) is 12.1 Å². The minimum Gasteiger partial charge on any atom is -0.356 e. The van der Waals surface area contributed by atoms with E-state index in [9.17, 15) is 4.79 Å². The van der Waals surface area contributed by atoms with E-state index in [2.05, 4.69) is 38.9 Å². The first kappa shape index (κ1) is 20.2.